The molecule has 0 aliphatic heterocycles. The second kappa shape index (κ2) is 7.78. The monoisotopic (exact) mass is 323 g/mol. The van der Waals surface area contributed by atoms with Crippen LogP contribution in [0.2, 0.25) is 0 Å². The third-order valence-electron chi connectivity index (χ3n) is 2.48. The summed E-state index contributed by atoms with van der Waals surface area (Å²) in [6.45, 7) is -3.64. The van der Waals surface area contributed by atoms with Gasteiger partial charge in [0.2, 0.25) is 0 Å². The van der Waals surface area contributed by atoms with Crippen LogP contribution in [0.5, 0.6) is 5.75 Å². The number of esters is 1. The van der Waals surface area contributed by atoms with Gasteiger partial charge in [0.25, 0.3) is 5.91 Å². The molecule has 0 atom stereocenters. The predicted octanol–water partition coefficient (Wildman–Crippen LogP) is 1.87. The van der Waals surface area contributed by atoms with Crippen LogP contribution in [-0.2, 0) is 9.53 Å². The minimum Gasteiger partial charge on any atom is -0.451 e. The molecule has 9 heteroatoms. The van der Waals surface area contributed by atoms with Crippen molar-refractivity contribution in [2.45, 2.75) is 6.61 Å². The van der Waals surface area contributed by atoms with Crippen LogP contribution in [0.3, 0.4) is 0 Å². The normalized spacial score (nSPS) is 10.2. The summed E-state index contributed by atoms with van der Waals surface area (Å²) < 4.78 is 33.5. The van der Waals surface area contributed by atoms with Gasteiger partial charge in [-0.1, -0.05) is 12.1 Å². The first-order chi connectivity index (χ1) is 11.1. The van der Waals surface area contributed by atoms with E-state index in [9.17, 15) is 18.4 Å². The third kappa shape index (κ3) is 4.99. The van der Waals surface area contributed by atoms with Gasteiger partial charge in [-0.2, -0.15) is 8.78 Å². The number of nitrogens with zero attached hydrogens (tertiary/aromatic N) is 2. The molecule has 23 heavy (non-hydrogen) atoms. The topological polar surface area (TPSA) is 90.4 Å². The Morgan fingerprint density at radius 2 is 2.00 bits per heavy atom. The van der Waals surface area contributed by atoms with Crippen molar-refractivity contribution in [1.82, 2.24) is 9.97 Å². The highest BCUT2D eigenvalue weighted by atomic mass is 19.3. The zero-order valence-electron chi connectivity index (χ0n) is 11.6. The molecule has 0 radical (unpaired) electrons. The number of para-hydroxylation sites is 2. The third-order valence-corrected chi connectivity index (χ3v) is 2.48. The Hall–Kier alpha value is -3.10. The van der Waals surface area contributed by atoms with Crippen molar-refractivity contribution in [3.63, 3.8) is 0 Å². The van der Waals surface area contributed by atoms with E-state index in [1.807, 2.05) is 0 Å². The number of benzene rings is 1. The van der Waals surface area contributed by atoms with Crippen LogP contribution in [-0.4, -0.2) is 35.1 Å². The van der Waals surface area contributed by atoms with Gasteiger partial charge in [-0.25, -0.2) is 9.78 Å². The maximum atomic E-state index is 12.3. The summed E-state index contributed by atoms with van der Waals surface area (Å²) in [6.07, 6.45) is 3.87. The number of hydrogen-bond donors (Lipinski definition) is 1. The van der Waals surface area contributed by atoms with Crippen LogP contribution in [0.25, 0.3) is 0 Å². The molecule has 120 valence electrons. The molecule has 2 aromatic rings. The van der Waals surface area contributed by atoms with Gasteiger partial charge in [-0.05, 0) is 12.1 Å². The number of hydrogen-bond acceptors (Lipinski definition) is 6. The lowest BCUT2D eigenvalue weighted by atomic mass is 10.3. The molecule has 1 heterocycles. The van der Waals surface area contributed by atoms with Crippen LogP contribution in [0.4, 0.5) is 14.5 Å². The standard InChI is InChI=1S/C14H11F2N3O4/c15-14(16)23-11-4-2-1-3-9(11)19-12(20)8-22-13(21)10-7-17-5-6-18-10/h1-7,14H,8H2,(H,19,20). The summed E-state index contributed by atoms with van der Waals surface area (Å²) in [5, 5.41) is 2.31. The number of anilines is 1. The Morgan fingerprint density at radius 1 is 1.22 bits per heavy atom. The van der Waals surface area contributed by atoms with E-state index in [1.54, 1.807) is 0 Å². The maximum absolute atomic E-state index is 12.3. The van der Waals surface area contributed by atoms with E-state index in [0.717, 1.165) is 0 Å². The summed E-state index contributed by atoms with van der Waals surface area (Å²) in [5.41, 5.74) is -0.0184. The molecule has 0 bridgehead atoms. The fourth-order valence-corrected chi connectivity index (χ4v) is 1.56. The van der Waals surface area contributed by atoms with Gasteiger partial charge in [0.05, 0.1) is 11.9 Å². The van der Waals surface area contributed by atoms with E-state index in [-0.39, 0.29) is 17.1 Å². The molecular weight excluding hydrogens is 312 g/mol. The zero-order chi connectivity index (χ0) is 16.7. The van der Waals surface area contributed by atoms with Crippen LogP contribution in [0.15, 0.2) is 42.9 Å². The zero-order valence-corrected chi connectivity index (χ0v) is 11.6. The molecule has 0 aliphatic rings. The summed E-state index contributed by atoms with van der Waals surface area (Å²) >= 11 is 0. The van der Waals surface area contributed by atoms with Gasteiger partial charge in [0.15, 0.2) is 12.3 Å². The fourth-order valence-electron chi connectivity index (χ4n) is 1.56. The van der Waals surface area contributed by atoms with Gasteiger partial charge < -0.3 is 14.8 Å². The highest BCUT2D eigenvalue weighted by Gasteiger charge is 2.14. The van der Waals surface area contributed by atoms with Crippen LogP contribution >= 0.6 is 0 Å². The Morgan fingerprint density at radius 3 is 2.70 bits per heavy atom. The number of aromatic nitrogens is 2. The molecule has 0 spiro atoms. The number of carbonyl (C=O) groups is 2. The second-order valence-electron chi connectivity index (χ2n) is 4.09. The number of alkyl halides is 2. The summed E-state index contributed by atoms with van der Waals surface area (Å²) in [6, 6.07) is 5.65. The van der Waals surface area contributed by atoms with E-state index in [0.29, 0.717) is 0 Å². The lowest BCUT2D eigenvalue weighted by Gasteiger charge is -2.11. The SMILES string of the molecule is O=C(COC(=O)c1cnccn1)Nc1ccccc1OC(F)F. The number of carbonyl (C=O) groups excluding carboxylic acids is 2. The van der Waals surface area contributed by atoms with E-state index >= 15 is 0 Å². The molecular formula is C14H11F2N3O4. The number of halogens is 2. The lowest BCUT2D eigenvalue weighted by molar-refractivity contribution is -0.119. The molecule has 0 saturated carbocycles. The molecule has 0 saturated heterocycles. The average Bonchev–Trinajstić information content (AvgIpc) is 2.55. The molecule has 0 fully saturated rings. The maximum Gasteiger partial charge on any atom is 0.387 e. The molecule has 0 unspecified atom stereocenters. The molecule has 1 aromatic carbocycles. The minimum absolute atomic E-state index is 0.0355. The molecule has 1 amide bonds. The van der Waals surface area contributed by atoms with Crippen LogP contribution in [0.1, 0.15) is 10.5 Å². The van der Waals surface area contributed by atoms with Crippen LogP contribution in [0, 0.1) is 0 Å². The molecule has 1 aromatic heterocycles. The number of nitrogens with one attached hydrogen (secondary N) is 1. The highest BCUT2D eigenvalue weighted by molar-refractivity contribution is 5.95. The Balaban J connectivity index is 1.91. The van der Waals surface area contributed by atoms with Gasteiger partial charge in [-0.15, -0.1) is 0 Å². The van der Waals surface area contributed by atoms with Crippen molar-refractivity contribution in [2.75, 3.05) is 11.9 Å². The Labute approximate surface area is 129 Å². The Kier molecular flexibility index (Phi) is 5.50. The van der Waals surface area contributed by atoms with Crippen LogP contribution < -0.4 is 10.1 Å². The first-order valence-corrected chi connectivity index (χ1v) is 6.33. The lowest BCUT2D eigenvalue weighted by Crippen LogP contribution is -2.22. The molecule has 0 aliphatic carbocycles. The number of rotatable bonds is 6. The van der Waals surface area contributed by atoms with Crippen molar-refractivity contribution < 1.29 is 27.8 Å². The van der Waals surface area contributed by atoms with E-state index < -0.39 is 25.1 Å². The minimum atomic E-state index is -3.03. The fraction of sp³-hybridized carbons (Fsp3) is 0.143. The van der Waals surface area contributed by atoms with Gasteiger partial charge in [-0.3, -0.25) is 9.78 Å². The van der Waals surface area contributed by atoms with Crippen molar-refractivity contribution in [2.24, 2.45) is 0 Å². The first-order valence-electron chi connectivity index (χ1n) is 6.33. The van der Waals surface area contributed by atoms with Gasteiger partial charge in [0, 0.05) is 12.4 Å². The summed E-state index contributed by atoms with van der Waals surface area (Å²) in [5.74, 6) is -1.74. The predicted molar refractivity (Wildman–Crippen MR) is 74.0 cm³/mol. The quantitative estimate of drug-likeness (QED) is 0.816. The number of ether oxygens (including phenoxy) is 2. The van der Waals surface area contributed by atoms with Crippen molar-refractivity contribution in [3.8, 4) is 5.75 Å². The van der Waals surface area contributed by atoms with Crippen molar-refractivity contribution in [3.05, 3.63) is 48.5 Å². The molecule has 2 rings (SSSR count). The molecule has 1 N–H and O–H groups in total. The summed E-state index contributed by atoms with van der Waals surface area (Å²) in [7, 11) is 0. The largest absolute Gasteiger partial charge is 0.451 e. The smallest absolute Gasteiger partial charge is 0.387 e. The van der Waals surface area contributed by atoms with Crippen molar-refractivity contribution in [1.29, 1.82) is 0 Å². The van der Waals surface area contributed by atoms with E-state index in [4.69, 9.17) is 4.74 Å². The number of amides is 1. The second-order valence-corrected chi connectivity index (χ2v) is 4.09. The Bertz CT molecular complexity index is 683. The van der Waals surface area contributed by atoms with Gasteiger partial charge >= 0.3 is 12.6 Å². The highest BCUT2D eigenvalue weighted by Crippen LogP contribution is 2.25. The average molecular weight is 323 g/mol. The summed E-state index contributed by atoms with van der Waals surface area (Å²) in [4.78, 5) is 30.7. The van der Waals surface area contributed by atoms with E-state index in [2.05, 4.69) is 20.0 Å². The van der Waals surface area contributed by atoms with Crippen molar-refractivity contribution >= 4 is 17.6 Å². The first kappa shape index (κ1) is 16.3. The molecule has 7 nitrogen and oxygen atoms in total. The van der Waals surface area contributed by atoms with E-state index in [1.165, 1.54) is 42.9 Å². The van der Waals surface area contributed by atoms with Gasteiger partial charge in [0.1, 0.15) is 5.75 Å².